The molecule has 3 N–H and O–H groups in total. The van der Waals surface area contributed by atoms with Crippen LogP contribution in [0, 0.1) is 13.8 Å². The first-order valence-electron chi connectivity index (χ1n) is 6.17. The van der Waals surface area contributed by atoms with Crippen molar-refractivity contribution in [2.24, 2.45) is 5.73 Å². The summed E-state index contributed by atoms with van der Waals surface area (Å²) in [7, 11) is 0. The molecule has 0 aliphatic carbocycles. The van der Waals surface area contributed by atoms with Crippen LogP contribution in [0.5, 0.6) is 5.75 Å². The van der Waals surface area contributed by atoms with Crippen LogP contribution in [0.1, 0.15) is 23.4 Å². The second-order valence-electron chi connectivity index (χ2n) is 4.47. The minimum Gasteiger partial charge on any atom is -0.504 e. The lowest BCUT2D eigenvalue weighted by Gasteiger charge is -2.10. The van der Waals surface area contributed by atoms with Gasteiger partial charge in [0.15, 0.2) is 11.6 Å². The summed E-state index contributed by atoms with van der Waals surface area (Å²) in [6.45, 7) is 4.76. The zero-order valence-corrected chi connectivity index (χ0v) is 10.8. The van der Waals surface area contributed by atoms with E-state index in [0.717, 1.165) is 24.2 Å². The minimum atomic E-state index is 0.199. The standard InChI is InChI=1S/C14H19N3O/c1-10-9-12(5-3-7-15)11(2)17(10)14-13(18)6-4-8-16-14/h4,6,8-9,18H,3,5,7,15H2,1-2H3. The van der Waals surface area contributed by atoms with Gasteiger partial charge in [0.05, 0.1) is 0 Å². The minimum absolute atomic E-state index is 0.199. The Morgan fingerprint density at radius 2 is 2.17 bits per heavy atom. The number of hydrogen-bond donors (Lipinski definition) is 2. The molecule has 4 nitrogen and oxygen atoms in total. The highest BCUT2D eigenvalue weighted by Crippen LogP contribution is 2.25. The van der Waals surface area contributed by atoms with Gasteiger partial charge >= 0.3 is 0 Å². The summed E-state index contributed by atoms with van der Waals surface area (Å²) in [5, 5.41) is 9.89. The Morgan fingerprint density at radius 1 is 1.39 bits per heavy atom. The second kappa shape index (κ2) is 5.23. The highest BCUT2D eigenvalue weighted by molar-refractivity contribution is 5.44. The third kappa shape index (κ3) is 2.24. The maximum Gasteiger partial charge on any atom is 0.179 e. The Morgan fingerprint density at radius 3 is 2.83 bits per heavy atom. The van der Waals surface area contributed by atoms with E-state index in [1.165, 1.54) is 5.56 Å². The van der Waals surface area contributed by atoms with Gasteiger partial charge in [-0.25, -0.2) is 4.98 Å². The first-order chi connectivity index (χ1) is 8.65. The van der Waals surface area contributed by atoms with E-state index in [1.54, 1.807) is 18.3 Å². The van der Waals surface area contributed by atoms with Gasteiger partial charge in [0.1, 0.15) is 0 Å². The molecule has 0 radical (unpaired) electrons. The normalized spacial score (nSPS) is 10.8. The topological polar surface area (TPSA) is 64.1 Å². The fourth-order valence-electron chi connectivity index (χ4n) is 2.26. The van der Waals surface area contributed by atoms with Gasteiger partial charge in [0.2, 0.25) is 0 Å². The molecule has 0 spiro atoms. The van der Waals surface area contributed by atoms with Gasteiger partial charge in [-0.3, -0.25) is 4.57 Å². The average Bonchev–Trinajstić information content (AvgIpc) is 2.63. The number of rotatable bonds is 4. The molecule has 18 heavy (non-hydrogen) atoms. The van der Waals surface area contributed by atoms with Crippen LogP contribution in [0.2, 0.25) is 0 Å². The van der Waals surface area contributed by atoms with Crippen LogP contribution >= 0.6 is 0 Å². The summed E-state index contributed by atoms with van der Waals surface area (Å²) in [4.78, 5) is 4.25. The smallest absolute Gasteiger partial charge is 0.179 e. The lowest BCUT2D eigenvalue weighted by molar-refractivity contribution is 0.468. The van der Waals surface area contributed by atoms with Crippen LogP contribution in [0.4, 0.5) is 0 Å². The lowest BCUT2D eigenvalue weighted by Crippen LogP contribution is -2.04. The van der Waals surface area contributed by atoms with Crippen molar-refractivity contribution in [3.05, 3.63) is 41.3 Å². The van der Waals surface area contributed by atoms with E-state index >= 15 is 0 Å². The summed E-state index contributed by atoms with van der Waals surface area (Å²) in [5.41, 5.74) is 9.01. The van der Waals surface area contributed by atoms with Crippen LogP contribution in [-0.4, -0.2) is 21.2 Å². The maximum atomic E-state index is 9.89. The molecule has 4 heteroatoms. The van der Waals surface area contributed by atoms with Gasteiger partial charge in [-0.15, -0.1) is 0 Å². The number of nitrogens with zero attached hydrogens (tertiary/aromatic N) is 2. The van der Waals surface area contributed by atoms with E-state index in [-0.39, 0.29) is 5.75 Å². The maximum absolute atomic E-state index is 9.89. The molecular formula is C14H19N3O. The molecule has 0 saturated carbocycles. The first kappa shape index (κ1) is 12.6. The van der Waals surface area contributed by atoms with Crippen molar-refractivity contribution in [3.8, 4) is 11.6 Å². The van der Waals surface area contributed by atoms with Crippen molar-refractivity contribution in [2.45, 2.75) is 26.7 Å². The summed E-state index contributed by atoms with van der Waals surface area (Å²) in [6.07, 6.45) is 3.62. The molecule has 2 heterocycles. The molecule has 96 valence electrons. The number of pyridine rings is 1. The average molecular weight is 245 g/mol. The predicted octanol–water partition coefficient (Wildman–Crippen LogP) is 2.09. The molecule has 0 unspecified atom stereocenters. The van der Waals surface area contributed by atoms with E-state index in [9.17, 15) is 5.11 Å². The Labute approximate surface area is 107 Å². The van der Waals surface area contributed by atoms with Crippen LogP contribution in [0.25, 0.3) is 5.82 Å². The van der Waals surface area contributed by atoms with Crippen LogP contribution in [0.3, 0.4) is 0 Å². The molecule has 0 bridgehead atoms. The molecule has 0 aromatic carbocycles. The Kier molecular flexibility index (Phi) is 3.67. The monoisotopic (exact) mass is 245 g/mol. The van der Waals surface area contributed by atoms with Crippen molar-refractivity contribution in [3.63, 3.8) is 0 Å². The largest absolute Gasteiger partial charge is 0.504 e. The Bertz CT molecular complexity index is 546. The van der Waals surface area contributed by atoms with Crippen molar-refractivity contribution >= 4 is 0 Å². The summed E-state index contributed by atoms with van der Waals surface area (Å²) >= 11 is 0. The summed E-state index contributed by atoms with van der Waals surface area (Å²) < 4.78 is 1.99. The van der Waals surface area contributed by atoms with Gasteiger partial charge < -0.3 is 10.8 Å². The van der Waals surface area contributed by atoms with E-state index in [4.69, 9.17) is 5.73 Å². The Balaban J connectivity index is 2.46. The zero-order valence-electron chi connectivity index (χ0n) is 10.8. The van der Waals surface area contributed by atoms with Crippen LogP contribution < -0.4 is 5.73 Å². The number of aromatic nitrogens is 2. The molecule has 0 atom stereocenters. The molecule has 0 saturated heterocycles. The highest BCUT2D eigenvalue weighted by Gasteiger charge is 2.13. The zero-order chi connectivity index (χ0) is 13.1. The lowest BCUT2D eigenvalue weighted by atomic mass is 10.1. The molecule has 2 rings (SSSR count). The quantitative estimate of drug-likeness (QED) is 0.867. The van der Waals surface area contributed by atoms with Gasteiger partial charge in [-0.05, 0) is 57.0 Å². The molecular weight excluding hydrogens is 226 g/mol. The molecule has 0 fully saturated rings. The van der Waals surface area contributed by atoms with Crippen LogP contribution in [-0.2, 0) is 6.42 Å². The number of aryl methyl sites for hydroxylation is 2. The van der Waals surface area contributed by atoms with Gasteiger partial charge in [-0.1, -0.05) is 0 Å². The van der Waals surface area contributed by atoms with Crippen molar-refractivity contribution in [2.75, 3.05) is 6.54 Å². The second-order valence-corrected chi connectivity index (χ2v) is 4.47. The number of nitrogens with two attached hydrogens (primary N) is 1. The third-order valence-electron chi connectivity index (χ3n) is 3.16. The molecule has 2 aromatic rings. The van der Waals surface area contributed by atoms with Gasteiger partial charge in [0.25, 0.3) is 0 Å². The van der Waals surface area contributed by atoms with E-state index in [0.29, 0.717) is 12.4 Å². The molecule has 0 amide bonds. The molecule has 0 aliphatic heterocycles. The SMILES string of the molecule is Cc1cc(CCCN)c(C)n1-c1ncccc1O. The molecule has 0 aliphatic rings. The molecule has 2 aromatic heterocycles. The Hall–Kier alpha value is -1.81. The van der Waals surface area contributed by atoms with Crippen molar-refractivity contribution in [1.29, 1.82) is 0 Å². The number of hydrogen-bond acceptors (Lipinski definition) is 3. The van der Waals surface area contributed by atoms with E-state index in [1.807, 2.05) is 18.4 Å². The third-order valence-corrected chi connectivity index (χ3v) is 3.16. The van der Waals surface area contributed by atoms with Crippen molar-refractivity contribution < 1.29 is 5.11 Å². The number of aromatic hydroxyl groups is 1. The van der Waals surface area contributed by atoms with Gasteiger partial charge in [0, 0.05) is 17.6 Å². The summed E-state index contributed by atoms with van der Waals surface area (Å²) in [5.74, 6) is 0.788. The highest BCUT2D eigenvalue weighted by atomic mass is 16.3. The van der Waals surface area contributed by atoms with E-state index < -0.39 is 0 Å². The van der Waals surface area contributed by atoms with E-state index in [2.05, 4.69) is 11.1 Å². The van der Waals surface area contributed by atoms with Crippen molar-refractivity contribution in [1.82, 2.24) is 9.55 Å². The summed E-state index contributed by atoms with van der Waals surface area (Å²) in [6, 6.07) is 5.52. The predicted molar refractivity (Wildman–Crippen MR) is 72.1 cm³/mol. The fourth-order valence-corrected chi connectivity index (χ4v) is 2.26. The first-order valence-corrected chi connectivity index (χ1v) is 6.17. The van der Waals surface area contributed by atoms with Crippen LogP contribution in [0.15, 0.2) is 24.4 Å². The fraction of sp³-hybridized carbons (Fsp3) is 0.357. The van der Waals surface area contributed by atoms with Gasteiger partial charge in [-0.2, -0.15) is 0 Å².